The number of aromatic nitrogens is 2. The van der Waals surface area contributed by atoms with Gasteiger partial charge in [0, 0.05) is 12.3 Å². The molecule has 0 amide bonds. The van der Waals surface area contributed by atoms with E-state index in [2.05, 4.69) is 10.2 Å². The van der Waals surface area contributed by atoms with Crippen LogP contribution in [0.2, 0.25) is 0 Å². The molecule has 2 N–H and O–H groups in total. The average molecular weight is 108 g/mol. The van der Waals surface area contributed by atoms with E-state index >= 15 is 0 Å². The van der Waals surface area contributed by atoms with Gasteiger partial charge in [0.05, 0.1) is 0 Å². The van der Waals surface area contributed by atoms with Gasteiger partial charge in [-0.15, -0.1) is 0 Å². The molecule has 0 radical (unpaired) electrons. The normalized spacial score (nSPS) is 7.43. The van der Waals surface area contributed by atoms with Gasteiger partial charge in [-0.25, -0.2) is 0 Å². The van der Waals surface area contributed by atoms with Crippen molar-refractivity contribution in [3.05, 3.63) is 22.6 Å². The molecule has 0 atom stereocenters. The van der Waals surface area contributed by atoms with E-state index in [0.717, 1.165) is 0 Å². The summed E-state index contributed by atoms with van der Waals surface area (Å²) in [6, 6.07) is 1.42. The van der Waals surface area contributed by atoms with Crippen molar-refractivity contribution < 1.29 is 0 Å². The minimum Gasteiger partial charge on any atom is -0.305 e. The van der Waals surface area contributed by atoms with Gasteiger partial charge in [-0.05, 0) is 0 Å². The Morgan fingerprint density at radius 1 is 1.57 bits per heavy atom. The first-order valence-electron chi connectivity index (χ1n) is 1.61. The van der Waals surface area contributed by atoms with E-state index in [0.29, 0.717) is 0 Å². The van der Waals surface area contributed by atoms with Crippen molar-refractivity contribution in [3.8, 4) is 0 Å². The molecule has 0 aromatic carbocycles. The zero-order valence-corrected chi connectivity index (χ0v) is 5.18. The molecule has 0 saturated heterocycles. The molecular weight excluding hydrogens is 104 g/mol. The predicted molar refractivity (Wildman–Crippen MR) is 27.2 cm³/mol. The molecule has 4 heteroatoms. The molecule has 0 bridgehead atoms. The van der Waals surface area contributed by atoms with Crippen LogP contribution < -0.4 is 5.56 Å². The van der Waals surface area contributed by atoms with Crippen LogP contribution in [-0.4, -0.2) is 33.3 Å². The van der Waals surface area contributed by atoms with Gasteiger partial charge in [0.15, 0.2) is 0 Å². The summed E-state index contributed by atoms with van der Waals surface area (Å²) in [5.41, 5.74) is -0.0880. The number of H-pyrrole nitrogens is 2. The second-order valence-corrected chi connectivity index (χ2v) is 0.967. The zero-order chi connectivity index (χ0) is 4.41. The Kier molecular flexibility index (Phi) is 2.78. The van der Waals surface area contributed by atoms with Crippen LogP contribution in [0, 0.1) is 0 Å². The zero-order valence-electron chi connectivity index (χ0n) is 3.77. The number of hydrogen-bond acceptors (Lipinski definition) is 1. The van der Waals surface area contributed by atoms with Gasteiger partial charge in [0.1, 0.15) is 0 Å². The van der Waals surface area contributed by atoms with Crippen molar-refractivity contribution in [2.24, 2.45) is 0 Å². The van der Waals surface area contributed by atoms with Crippen LogP contribution >= 0.6 is 0 Å². The van der Waals surface area contributed by atoms with Gasteiger partial charge >= 0.3 is 23.1 Å². The van der Waals surface area contributed by atoms with Gasteiger partial charge in [0.25, 0.3) is 5.56 Å². The van der Waals surface area contributed by atoms with Gasteiger partial charge in [-0.3, -0.25) is 9.89 Å². The standard InChI is InChI=1S/C3H4N2O.Mg/c6-3-1-2-4-5-3;/h1-2H,(H2,4,5,6);/q;+2. The van der Waals surface area contributed by atoms with E-state index in [9.17, 15) is 4.79 Å². The molecule has 3 nitrogen and oxygen atoms in total. The molecule has 1 rings (SSSR count). The third-order valence-electron chi connectivity index (χ3n) is 0.513. The summed E-state index contributed by atoms with van der Waals surface area (Å²) in [6.45, 7) is 0. The fraction of sp³-hybridized carbons (Fsp3) is 0. The number of aromatic amines is 2. The fourth-order valence-corrected chi connectivity index (χ4v) is 0.272. The molecule has 0 saturated carbocycles. The minimum atomic E-state index is -0.0880. The molecule has 1 heterocycles. The van der Waals surface area contributed by atoms with Crippen LogP contribution in [0.3, 0.4) is 0 Å². The van der Waals surface area contributed by atoms with Crippen molar-refractivity contribution in [2.75, 3.05) is 0 Å². The van der Waals surface area contributed by atoms with Crippen molar-refractivity contribution in [2.45, 2.75) is 0 Å². The van der Waals surface area contributed by atoms with Crippen molar-refractivity contribution in [1.29, 1.82) is 0 Å². The largest absolute Gasteiger partial charge is 2.00 e. The second kappa shape index (κ2) is 2.87. The number of hydrogen-bond donors (Lipinski definition) is 2. The van der Waals surface area contributed by atoms with Crippen LogP contribution in [0.15, 0.2) is 17.1 Å². The number of nitrogens with one attached hydrogen (secondary N) is 2. The van der Waals surface area contributed by atoms with Crippen LogP contribution in [0.5, 0.6) is 0 Å². The SMILES string of the molecule is O=c1cc[nH][nH]1.[Mg+2]. The Hall–Kier alpha value is -0.224. The first-order chi connectivity index (χ1) is 2.89. The van der Waals surface area contributed by atoms with E-state index in [1.165, 1.54) is 6.07 Å². The Morgan fingerprint density at radius 2 is 2.29 bits per heavy atom. The topological polar surface area (TPSA) is 48.6 Å². The summed E-state index contributed by atoms with van der Waals surface area (Å²) in [5, 5.41) is 4.81. The molecule has 0 fully saturated rings. The molecule has 1 aromatic rings. The molecule has 0 spiro atoms. The van der Waals surface area contributed by atoms with Crippen molar-refractivity contribution in [3.63, 3.8) is 0 Å². The van der Waals surface area contributed by atoms with E-state index in [1.54, 1.807) is 6.20 Å². The Morgan fingerprint density at radius 3 is 2.43 bits per heavy atom. The summed E-state index contributed by atoms with van der Waals surface area (Å²) in [6.07, 6.45) is 1.54. The van der Waals surface area contributed by atoms with Crippen LogP contribution in [-0.2, 0) is 0 Å². The van der Waals surface area contributed by atoms with E-state index in [4.69, 9.17) is 0 Å². The average Bonchev–Trinajstić information content (AvgIpc) is 1.86. The van der Waals surface area contributed by atoms with Gasteiger partial charge < -0.3 is 5.10 Å². The molecule has 0 aliphatic carbocycles. The maximum absolute atomic E-state index is 9.98. The molecule has 7 heavy (non-hydrogen) atoms. The first kappa shape index (κ1) is 6.78. The van der Waals surface area contributed by atoms with Gasteiger partial charge in [0.2, 0.25) is 0 Å². The van der Waals surface area contributed by atoms with Crippen molar-refractivity contribution >= 4 is 23.1 Å². The maximum atomic E-state index is 9.98. The molecule has 0 aliphatic rings. The summed E-state index contributed by atoms with van der Waals surface area (Å²) < 4.78 is 0. The van der Waals surface area contributed by atoms with Crippen LogP contribution in [0.4, 0.5) is 0 Å². The Bertz CT molecular complexity index is 151. The van der Waals surface area contributed by atoms with Crippen molar-refractivity contribution in [1.82, 2.24) is 10.2 Å². The van der Waals surface area contributed by atoms with E-state index < -0.39 is 0 Å². The summed E-state index contributed by atoms with van der Waals surface area (Å²) >= 11 is 0. The van der Waals surface area contributed by atoms with E-state index in [-0.39, 0.29) is 28.6 Å². The predicted octanol–water partition coefficient (Wildman–Crippen LogP) is -0.678. The van der Waals surface area contributed by atoms with Gasteiger partial charge in [-0.2, -0.15) is 0 Å². The smallest absolute Gasteiger partial charge is 0.305 e. The first-order valence-corrected chi connectivity index (χ1v) is 1.61. The molecule has 0 aliphatic heterocycles. The molecule has 1 aromatic heterocycles. The summed E-state index contributed by atoms with van der Waals surface area (Å²) in [5.74, 6) is 0. The molecular formula is C3H4MgN2O+2. The summed E-state index contributed by atoms with van der Waals surface area (Å²) in [4.78, 5) is 9.98. The van der Waals surface area contributed by atoms with E-state index in [1.807, 2.05) is 0 Å². The van der Waals surface area contributed by atoms with Crippen LogP contribution in [0.1, 0.15) is 0 Å². The Balaban J connectivity index is 0.000000360. The Labute approximate surface area is 56.3 Å². The van der Waals surface area contributed by atoms with Crippen LogP contribution in [0.25, 0.3) is 0 Å². The third kappa shape index (κ3) is 1.79. The monoisotopic (exact) mass is 108 g/mol. The molecule has 32 valence electrons. The van der Waals surface area contributed by atoms with Gasteiger partial charge in [-0.1, -0.05) is 0 Å². The summed E-state index contributed by atoms with van der Waals surface area (Å²) in [7, 11) is 0. The fourth-order valence-electron chi connectivity index (χ4n) is 0.272. The second-order valence-electron chi connectivity index (χ2n) is 0.967. The minimum absolute atomic E-state index is 0. The molecule has 0 unspecified atom stereocenters. The third-order valence-corrected chi connectivity index (χ3v) is 0.513. The maximum Gasteiger partial charge on any atom is 2.00 e. The number of rotatable bonds is 0. The quantitative estimate of drug-likeness (QED) is 0.425.